The Kier molecular flexibility index (Phi) is 3.86. The van der Waals surface area contributed by atoms with E-state index in [1.54, 1.807) is 24.3 Å². The summed E-state index contributed by atoms with van der Waals surface area (Å²) < 4.78 is 0. The SMILES string of the molecule is Cc1ccc(NC(=O)c2ccc(N3C(=O)C4C5CCC(C5)C4C3=O)cc2)cc1. The van der Waals surface area contributed by atoms with Crippen molar-refractivity contribution in [3.8, 4) is 0 Å². The Balaban J connectivity index is 1.34. The Bertz CT molecular complexity index is 936. The van der Waals surface area contributed by atoms with E-state index in [0.717, 1.165) is 30.5 Å². The maximum absolute atomic E-state index is 12.9. The van der Waals surface area contributed by atoms with Crippen LogP contribution in [0.3, 0.4) is 0 Å². The number of amides is 3. The first-order valence-corrected chi connectivity index (χ1v) is 9.89. The summed E-state index contributed by atoms with van der Waals surface area (Å²) in [5.74, 6) is 0.154. The third-order valence-corrected chi connectivity index (χ3v) is 6.62. The zero-order valence-corrected chi connectivity index (χ0v) is 15.7. The summed E-state index contributed by atoms with van der Waals surface area (Å²) >= 11 is 0. The molecule has 4 unspecified atom stereocenters. The van der Waals surface area contributed by atoms with Crippen LogP contribution in [-0.4, -0.2) is 17.7 Å². The largest absolute Gasteiger partial charge is 0.322 e. The van der Waals surface area contributed by atoms with E-state index in [4.69, 9.17) is 0 Å². The highest BCUT2D eigenvalue weighted by Crippen LogP contribution is 2.56. The standard InChI is InChI=1S/C23H22N2O3/c1-13-2-8-17(9-3-13)24-21(26)14-6-10-18(11-7-14)25-22(27)19-15-4-5-16(12-15)20(19)23(25)28/h2-3,6-11,15-16,19-20H,4-5,12H2,1H3,(H,24,26). The number of carbonyl (C=O) groups is 3. The summed E-state index contributed by atoms with van der Waals surface area (Å²) in [5, 5.41) is 2.86. The van der Waals surface area contributed by atoms with Gasteiger partial charge in [-0.1, -0.05) is 17.7 Å². The molecule has 3 amide bonds. The Morgan fingerprint density at radius 1 is 0.893 bits per heavy atom. The minimum Gasteiger partial charge on any atom is -0.322 e. The van der Waals surface area contributed by atoms with E-state index < -0.39 is 0 Å². The second-order valence-electron chi connectivity index (χ2n) is 8.26. The molecular formula is C23H22N2O3. The highest BCUT2D eigenvalue weighted by Gasteiger charge is 2.61. The van der Waals surface area contributed by atoms with Crippen LogP contribution in [0.5, 0.6) is 0 Å². The number of hydrogen-bond acceptors (Lipinski definition) is 3. The fraction of sp³-hybridized carbons (Fsp3) is 0.348. The van der Waals surface area contributed by atoms with Crippen LogP contribution in [0, 0.1) is 30.6 Å². The third-order valence-electron chi connectivity index (χ3n) is 6.62. The van der Waals surface area contributed by atoms with Crippen molar-refractivity contribution < 1.29 is 14.4 Å². The maximum atomic E-state index is 12.9. The average Bonchev–Trinajstić information content (AvgIpc) is 3.38. The molecule has 4 atom stereocenters. The molecule has 2 aliphatic carbocycles. The van der Waals surface area contributed by atoms with Crippen LogP contribution in [0.2, 0.25) is 0 Å². The van der Waals surface area contributed by atoms with E-state index >= 15 is 0 Å². The molecule has 0 aromatic heterocycles. The van der Waals surface area contributed by atoms with Crippen molar-refractivity contribution in [1.29, 1.82) is 0 Å². The van der Waals surface area contributed by atoms with Gasteiger partial charge in [0.1, 0.15) is 0 Å². The third kappa shape index (κ3) is 2.57. The van der Waals surface area contributed by atoms with Gasteiger partial charge >= 0.3 is 0 Å². The number of nitrogens with zero attached hydrogens (tertiary/aromatic N) is 1. The van der Waals surface area contributed by atoms with Gasteiger partial charge in [-0.3, -0.25) is 19.3 Å². The molecule has 2 aromatic rings. The van der Waals surface area contributed by atoms with Crippen LogP contribution in [-0.2, 0) is 9.59 Å². The zero-order valence-electron chi connectivity index (χ0n) is 15.7. The van der Waals surface area contributed by atoms with Gasteiger partial charge in [-0.25, -0.2) is 0 Å². The van der Waals surface area contributed by atoms with E-state index in [-0.39, 0.29) is 29.6 Å². The van der Waals surface area contributed by atoms with Crippen molar-refractivity contribution in [3.05, 3.63) is 59.7 Å². The first-order valence-electron chi connectivity index (χ1n) is 9.89. The Morgan fingerprint density at radius 2 is 1.46 bits per heavy atom. The van der Waals surface area contributed by atoms with Gasteiger partial charge in [-0.15, -0.1) is 0 Å². The predicted octanol–water partition coefficient (Wildman–Crippen LogP) is 3.78. The van der Waals surface area contributed by atoms with E-state index in [2.05, 4.69) is 5.32 Å². The van der Waals surface area contributed by atoms with E-state index in [9.17, 15) is 14.4 Å². The maximum Gasteiger partial charge on any atom is 0.255 e. The number of nitrogens with one attached hydrogen (secondary N) is 1. The highest BCUT2D eigenvalue weighted by atomic mass is 16.2. The number of hydrogen-bond donors (Lipinski definition) is 1. The summed E-state index contributed by atoms with van der Waals surface area (Å²) in [6.45, 7) is 1.99. The van der Waals surface area contributed by atoms with Crippen molar-refractivity contribution >= 4 is 29.1 Å². The second-order valence-corrected chi connectivity index (χ2v) is 8.26. The molecule has 1 N–H and O–H groups in total. The molecule has 1 saturated heterocycles. The number of anilines is 2. The number of carbonyl (C=O) groups excluding carboxylic acids is 3. The summed E-state index contributed by atoms with van der Waals surface area (Å²) in [6, 6.07) is 14.3. The van der Waals surface area contributed by atoms with E-state index in [0.29, 0.717) is 23.1 Å². The zero-order chi connectivity index (χ0) is 19.4. The van der Waals surface area contributed by atoms with Crippen molar-refractivity contribution in [2.45, 2.75) is 26.2 Å². The van der Waals surface area contributed by atoms with E-state index in [1.807, 2.05) is 31.2 Å². The monoisotopic (exact) mass is 374 g/mol. The van der Waals surface area contributed by atoms with Gasteiger partial charge in [0.15, 0.2) is 0 Å². The Morgan fingerprint density at radius 3 is 2.04 bits per heavy atom. The van der Waals surface area contributed by atoms with Gasteiger partial charge in [-0.05, 0) is 74.4 Å². The first kappa shape index (κ1) is 17.2. The summed E-state index contributed by atoms with van der Waals surface area (Å²) in [5.41, 5.74) is 2.91. The molecule has 3 aliphatic rings. The van der Waals surface area contributed by atoms with Crippen molar-refractivity contribution in [3.63, 3.8) is 0 Å². The van der Waals surface area contributed by atoms with Gasteiger partial charge in [0.25, 0.3) is 5.91 Å². The van der Waals surface area contributed by atoms with Gasteiger partial charge in [-0.2, -0.15) is 0 Å². The fourth-order valence-corrected chi connectivity index (χ4v) is 5.27. The van der Waals surface area contributed by atoms with Crippen LogP contribution in [0.1, 0.15) is 35.2 Å². The molecule has 5 rings (SSSR count). The summed E-state index contributed by atoms with van der Waals surface area (Å²) in [6.07, 6.45) is 3.16. The summed E-state index contributed by atoms with van der Waals surface area (Å²) in [7, 11) is 0. The van der Waals surface area contributed by atoms with Crippen LogP contribution in [0.4, 0.5) is 11.4 Å². The highest BCUT2D eigenvalue weighted by molar-refractivity contribution is 6.22. The molecule has 5 nitrogen and oxygen atoms in total. The van der Waals surface area contributed by atoms with Crippen molar-refractivity contribution in [2.24, 2.45) is 23.7 Å². The number of benzene rings is 2. The average molecular weight is 374 g/mol. The van der Waals surface area contributed by atoms with Crippen molar-refractivity contribution in [2.75, 3.05) is 10.2 Å². The lowest BCUT2D eigenvalue weighted by Gasteiger charge is -2.19. The molecule has 0 spiro atoms. The minimum atomic E-state index is -0.218. The lowest BCUT2D eigenvalue weighted by atomic mass is 9.81. The van der Waals surface area contributed by atoms with Crippen LogP contribution < -0.4 is 10.2 Å². The van der Waals surface area contributed by atoms with Gasteiger partial charge in [0, 0.05) is 11.3 Å². The lowest BCUT2D eigenvalue weighted by molar-refractivity contribution is -0.123. The smallest absolute Gasteiger partial charge is 0.255 e. The number of fused-ring (bicyclic) bond motifs is 5. The van der Waals surface area contributed by atoms with Crippen LogP contribution >= 0.6 is 0 Å². The predicted molar refractivity (Wildman–Crippen MR) is 106 cm³/mol. The Labute approximate surface area is 163 Å². The fourth-order valence-electron chi connectivity index (χ4n) is 5.27. The molecular weight excluding hydrogens is 352 g/mol. The molecule has 142 valence electrons. The minimum absolute atomic E-state index is 0.0564. The molecule has 0 radical (unpaired) electrons. The first-order chi connectivity index (χ1) is 13.5. The van der Waals surface area contributed by atoms with Crippen molar-refractivity contribution in [1.82, 2.24) is 0 Å². The quantitative estimate of drug-likeness (QED) is 0.832. The lowest BCUT2D eigenvalue weighted by Crippen LogP contribution is -2.32. The molecule has 2 saturated carbocycles. The van der Waals surface area contributed by atoms with Gasteiger partial charge in [0.05, 0.1) is 17.5 Å². The number of rotatable bonds is 3. The normalized spacial score (nSPS) is 28.0. The number of aryl methyl sites for hydroxylation is 1. The topological polar surface area (TPSA) is 66.5 Å². The van der Waals surface area contributed by atoms with E-state index in [1.165, 1.54) is 4.90 Å². The molecule has 1 aliphatic heterocycles. The summed E-state index contributed by atoms with van der Waals surface area (Å²) in [4.78, 5) is 39.6. The van der Waals surface area contributed by atoms with Crippen LogP contribution in [0.25, 0.3) is 0 Å². The molecule has 28 heavy (non-hydrogen) atoms. The second kappa shape index (κ2) is 6.30. The van der Waals surface area contributed by atoms with Gasteiger partial charge in [0.2, 0.25) is 11.8 Å². The van der Waals surface area contributed by atoms with Crippen LogP contribution in [0.15, 0.2) is 48.5 Å². The van der Waals surface area contributed by atoms with Gasteiger partial charge < -0.3 is 5.32 Å². The molecule has 3 fully saturated rings. The number of imide groups is 1. The molecule has 2 aromatic carbocycles. The Hall–Kier alpha value is -2.95. The molecule has 1 heterocycles. The molecule has 2 bridgehead atoms. The molecule has 5 heteroatoms.